The van der Waals surface area contributed by atoms with Crippen LogP contribution in [0.2, 0.25) is 0 Å². The van der Waals surface area contributed by atoms with Gasteiger partial charge in [-0.3, -0.25) is 4.79 Å². The van der Waals surface area contributed by atoms with Crippen molar-refractivity contribution in [2.24, 2.45) is 5.92 Å². The molecule has 0 atom stereocenters. The van der Waals surface area contributed by atoms with Gasteiger partial charge in [-0.2, -0.15) is 8.78 Å². The first-order valence-corrected chi connectivity index (χ1v) is 13.7. The molecule has 208 valence electrons. The first-order chi connectivity index (χ1) is 18.8. The van der Waals surface area contributed by atoms with Crippen LogP contribution in [0, 0.1) is 29.2 Å². The van der Waals surface area contributed by atoms with Crippen LogP contribution in [0.15, 0.2) is 48.5 Å². The predicted octanol–water partition coefficient (Wildman–Crippen LogP) is 8.92. The van der Waals surface area contributed by atoms with Gasteiger partial charge in [-0.1, -0.05) is 50.1 Å². The Morgan fingerprint density at radius 2 is 1.44 bits per heavy atom. The van der Waals surface area contributed by atoms with E-state index in [2.05, 4.69) is 6.92 Å². The van der Waals surface area contributed by atoms with Crippen molar-refractivity contribution in [1.82, 2.24) is 0 Å². The third-order valence-electron chi connectivity index (χ3n) is 7.47. The highest BCUT2D eigenvalue weighted by Gasteiger charge is 2.31. The van der Waals surface area contributed by atoms with E-state index in [0.717, 1.165) is 31.2 Å². The van der Waals surface area contributed by atoms with Crippen molar-refractivity contribution in [3.8, 4) is 22.6 Å². The Hall–Kier alpha value is -3.35. The molecule has 1 saturated carbocycles. The number of benzene rings is 3. The molecule has 1 aliphatic rings. The SMILES string of the molecule is CCCCCc1ccc(-c2ccc(OC(=O)C3CCC(c4ccc(OCC)c(F)c4F)CC3)c(F)c2F)cc1. The highest BCUT2D eigenvalue weighted by atomic mass is 19.2. The maximum absolute atomic E-state index is 14.9. The fourth-order valence-electron chi connectivity index (χ4n) is 5.22. The lowest BCUT2D eigenvalue weighted by atomic mass is 9.78. The highest BCUT2D eigenvalue weighted by Crippen LogP contribution is 2.39. The molecule has 0 bridgehead atoms. The summed E-state index contributed by atoms with van der Waals surface area (Å²) in [6.45, 7) is 4.05. The van der Waals surface area contributed by atoms with Crippen LogP contribution < -0.4 is 9.47 Å². The van der Waals surface area contributed by atoms with Crippen molar-refractivity contribution in [2.75, 3.05) is 6.61 Å². The molecule has 0 unspecified atom stereocenters. The number of carbonyl (C=O) groups is 1. The van der Waals surface area contributed by atoms with Gasteiger partial charge in [-0.25, -0.2) is 8.78 Å². The van der Waals surface area contributed by atoms with E-state index in [9.17, 15) is 22.4 Å². The third-order valence-corrected chi connectivity index (χ3v) is 7.47. The molecule has 4 rings (SSSR count). The minimum Gasteiger partial charge on any atom is -0.491 e. The molecule has 0 aliphatic heterocycles. The number of halogens is 4. The number of aryl methyl sites for hydroxylation is 1. The van der Waals surface area contributed by atoms with Gasteiger partial charge in [0, 0.05) is 5.56 Å². The standard InChI is InChI=1S/C32H34F4O3/c1-3-5-6-7-20-8-10-21(11-9-20)25-17-19-27(31(36)29(25)34)39-32(37)23-14-12-22(13-15-23)24-16-18-26(38-4-2)30(35)28(24)33/h8-11,16-19,22-23H,3-7,12-15H2,1-2H3. The first-order valence-electron chi connectivity index (χ1n) is 13.7. The Kier molecular flexibility index (Phi) is 9.65. The summed E-state index contributed by atoms with van der Waals surface area (Å²) in [5.41, 5.74) is 2.03. The highest BCUT2D eigenvalue weighted by molar-refractivity contribution is 5.76. The molecule has 0 spiro atoms. The van der Waals surface area contributed by atoms with Crippen molar-refractivity contribution in [2.45, 2.75) is 71.1 Å². The van der Waals surface area contributed by atoms with Crippen molar-refractivity contribution >= 4 is 5.97 Å². The molecule has 0 radical (unpaired) electrons. The van der Waals surface area contributed by atoms with Crippen LogP contribution in [0.5, 0.6) is 11.5 Å². The van der Waals surface area contributed by atoms with Crippen LogP contribution in [0.3, 0.4) is 0 Å². The number of esters is 1. The van der Waals surface area contributed by atoms with Crippen LogP contribution in [0.25, 0.3) is 11.1 Å². The second kappa shape index (κ2) is 13.1. The first kappa shape index (κ1) is 28.7. The summed E-state index contributed by atoms with van der Waals surface area (Å²) in [6.07, 6.45) is 5.90. The lowest BCUT2D eigenvalue weighted by Crippen LogP contribution is -2.26. The number of rotatable bonds is 10. The minimum atomic E-state index is -1.21. The molecule has 0 heterocycles. The molecular formula is C32H34F4O3. The number of unbranched alkanes of at least 4 members (excludes halogenated alkanes) is 2. The normalized spacial score (nSPS) is 17.2. The number of hydrogen-bond acceptors (Lipinski definition) is 3. The van der Waals surface area contributed by atoms with Gasteiger partial charge < -0.3 is 9.47 Å². The molecule has 0 saturated heterocycles. The third kappa shape index (κ3) is 6.63. The van der Waals surface area contributed by atoms with Gasteiger partial charge in [-0.05, 0) is 86.3 Å². The summed E-state index contributed by atoms with van der Waals surface area (Å²) >= 11 is 0. The molecule has 3 aromatic carbocycles. The Morgan fingerprint density at radius 3 is 2.10 bits per heavy atom. The molecule has 3 nitrogen and oxygen atoms in total. The van der Waals surface area contributed by atoms with Crippen LogP contribution in [0.4, 0.5) is 17.6 Å². The molecule has 1 fully saturated rings. The smallest absolute Gasteiger partial charge is 0.314 e. The summed E-state index contributed by atoms with van der Waals surface area (Å²) in [6, 6.07) is 13.0. The fraction of sp³-hybridized carbons (Fsp3) is 0.406. The lowest BCUT2D eigenvalue weighted by Gasteiger charge is -2.28. The zero-order chi connectivity index (χ0) is 27.9. The Morgan fingerprint density at radius 1 is 0.769 bits per heavy atom. The van der Waals surface area contributed by atoms with E-state index in [4.69, 9.17) is 9.47 Å². The lowest BCUT2D eigenvalue weighted by molar-refractivity contribution is -0.140. The van der Waals surface area contributed by atoms with Gasteiger partial charge in [0.1, 0.15) is 0 Å². The maximum Gasteiger partial charge on any atom is 0.314 e. The van der Waals surface area contributed by atoms with E-state index in [1.54, 1.807) is 19.1 Å². The van der Waals surface area contributed by atoms with Gasteiger partial charge in [0.05, 0.1) is 12.5 Å². The van der Waals surface area contributed by atoms with Crippen LogP contribution in [-0.2, 0) is 11.2 Å². The number of carbonyl (C=O) groups excluding carboxylic acids is 1. The number of hydrogen-bond donors (Lipinski definition) is 0. The molecule has 0 N–H and O–H groups in total. The van der Waals surface area contributed by atoms with Gasteiger partial charge in [0.15, 0.2) is 23.1 Å². The molecule has 3 aromatic rings. The van der Waals surface area contributed by atoms with E-state index in [-0.39, 0.29) is 29.4 Å². The molecular weight excluding hydrogens is 508 g/mol. The molecule has 0 aromatic heterocycles. The van der Waals surface area contributed by atoms with Gasteiger partial charge in [0.2, 0.25) is 11.6 Å². The Balaban J connectivity index is 1.37. The zero-order valence-electron chi connectivity index (χ0n) is 22.4. The predicted molar refractivity (Wildman–Crippen MR) is 143 cm³/mol. The van der Waals surface area contributed by atoms with Crippen molar-refractivity contribution in [1.29, 1.82) is 0 Å². The Bertz CT molecular complexity index is 1280. The van der Waals surface area contributed by atoms with E-state index < -0.39 is 40.9 Å². The van der Waals surface area contributed by atoms with Crippen molar-refractivity contribution in [3.63, 3.8) is 0 Å². The van der Waals surface area contributed by atoms with E-state index in [1.165, 1.54) is 24.3 Å². The minimum absolute atomic E-state index is 0.0949. The maximum atomic E-state index is 14.9. The summed E-state index contributed by atoms with van der Waals surface area (Å²) < 4.78 is 69.1. The van der Waals surface area contributed by atoms with Crippen LogP contribution >= 0.6 is 0 Å². The topological polar surface area (TPSA) is 35.5 Å². The Labute approximate surface area is 227 Å². The second-order valence-electron chi connectivity index (χ2n) is 10.1. The average Bonchev–Trinajstić information content (AvgIpc) is 2.95. The van der Waals surface area contributed by atoms with Crippen LogP contribution in [-0.4, -0.2) is 12.6 Å². The van der Waals surface area contributed by atoms with Crippen LogP contribution in [0.1, 0.15) is 75.8 Å². The summed E-state index contributed by atoms with van der Waals surface area (Å²) in [4.78, 5) is 12.8. The molecule has 7 heteroatoms. The zero-order valence-corrected chi connectivity index (χ0v) is 22.4. The largest absolute Gasteiger partial charge is 0.491 e. The van der Waals surface area contributed by atoms with E-state index in [0.29, 0.717) is 31.2 Å². The second-order valence-corrected chi connectivity index (χ2v) is 10.1. The summed E-state index contributed by atoms with van der Waals surface area (Å²) in [5, 5.41) is 0. The monoisotopic (exact) mass is 542 g/mol. The number of ether oxygens (including phenoxy) is 2. The van der Waals surface area contributed by atoms with Crippen molar-refractivity contribution in [3.05, 3.63) is 82.9 Å². The van der Waals surface area contributed by atoms with Gasteiger partial charge in [0.25, 0.3) is 0 Å². The van der Waals surface area contributed by atoms with Gasteiger partial charge in [-0.15, -0.1) is 0 Å². The molecule has 1 aliphatic carbocycles. The quantitative estimate of drug-likeness (QED) is 0.111. The molecule has 0 amide bonds. The average molecular weight is 543 g/mol. The fourth-order valence-corrected chi connectivity index (χ4v) is 5.22. The van der Waals surface area contributed by atoms with E-state index >= 15 is 0 Å². The van der Waals surface area contributed by atoms with Crippen molar-refractivity contribution < 1.29 is 31.8 Å². The van der Waals surface area contributed by atoms with E-state index in [1.807, 2.05) is 12.1 Å². The summed E-state index contributed by atoms with van der Waals surface area (Å²) in [7, 11) is 0. The van der Waals surface area contributed by atoms with Gasteiger partial charge >= 0.3 is 5.97 Å². The molecule has 39 heavy (non-hydrogen) atoms. The summed E-state index contributed by atoms with van der Waals surface area (Å²) in [5.74, 6) is -6.28.